The van der Waals surface area contributed by atoms with Crippen LogP contribution in [0.1, 0.15) is 29.3 Å². The van der Waals surface area contributed by atoms with E-state index in [9.17, 15) is 28.1 Å². The Balaban J connectivity index is 3.45. The molecule has 9 heteroatoms. The largest absolute Gasteiger partial charge is 0.462 e. The zero-order valence-corrected chi connectivity index (χ0v) is 9.02. The molecule has 0 unspecified atom stereocenters. The van der Waals surface area contributed by atoms with Crippen molar-refractivity contribution in [3.05, 3.63) is 33.3 Å². The lowest BCUT2D eigenvalue weighted by Crippen LogP contribution is -2.14. The molecule has 0 amide bonds. The number of pyridine rings is 1. The third-order valence-electron chi connectivity index (χ3n) is 1.92. The summed E-state index contributed by atoms with van der Waals surface area (Å²) in [5.74, 6) is -4.42. The van der Waals surface area contributed by atoms with E-state index in [1.54, 1.807) is 0 Å². The first-order valence-corrected chi connectivity index (χ1v) is 4.68. The van der Waals surface area contributed by atoms with Gasteiger partial charge in [0, 0.05) is 0 Å². The number of alkyl halides is 2. The van der Waals surface area contributed by atoms with Crippen LogP contribution in [-0.2, 0) is 4.74 Å². The van der Waals surface area contributed by atoms with Gasteiger partial charge in [-0.25, -0.2) is 13.6 Å². The van der Waals surface area contributed by atoms with Crippen LogP contribution in [0.4, 0.5) is 19.0 Å². The molecule has 0 saturated carbocycles. The molecule has 0 aromatic carbocycles. The van der Waals surface area contributed by atoms with E-state index in [4.69, 9.17) is 0 Å². The first-order valence-electron chi connectivity index (χ1n) is 4.68. The smallest absolute Gasteiger partial charge is 0.400 e. The monoisotopic (exact) mass is 264 g/mol. The average molecular weight is 264 g/mol. The maximum atomic E-state index is 13.6. The van der Waals surface area contributed by atoms with E-state index in [-0.39, 0.29) is 6.61 Å². The predicted octanol–water partition coefficient (Wildman–Crippen LogP) is 2.24. The average Bonchev–Trinajstić information content (AvgIpc) is 2.27. The third-order valence-corrected chi connectivity index (χ3v) is 1.92. The molecule has 98 valence electrons. The summed E-state index contributed by atoms with van der Waals surface area (Å²) in [4.78, 5) is 23.4. The van der Waals surface area contributed by atoms with Crippen LogP contribution >= 0.6 is 0 Å². The van der Waals surface area contributed by atoms with Crippen molar-refractivity contribution in [2.75, 3.05) is 6.61 Å². The highest BCUT2D eigenvalue weighted by Crippen LogP contribution is 2.28. The van der Waals surface area contributed by atoms with Gasteiger partial charge >= 0.3 is 11.8 Å². The van der Waals surface area contributed by atoms with Gasteiger partial charge in [0.25, 0.3) is 6.43 Å². The number of hydrogen-bond donors (Lipinski definition) is 0. The molecule has 0 N–H and O–H groups in total. The van der Waals surface area contributed by atoms with Crippen molar-refractivity contribution in [3.63, 3.8) is 0 Å². The van der Waals surface area contributed by atoms with Gasteiger partial charge in [-0.05, 0) is 16.8 Å². The van der Waals surface area contributed by atoms with Crippen molar-refractivity contribution in [1.29, 1.82) is 0 Å². The Bertz CT molecular complexity index is 493. The second-order valence-electron chi connectivity index (χ2n) is 3.00. The first-order chi connectivity index (χ1) is 8.40. The highest BCUT2D eigenvalue weighted by atomic mass is 19.3. The normalized spacial score (nSPS) is 10.5. The molecule has 1 rings (SSSR count). The molecule has 0 saturated heterocycles. The molecule has 18 heavy (non-hydrogen) atoms. The van der Waals surface area contributed by atoms with Gasteiger partial charge in [-0.1, -0.05) is 0 Å². The standard InChI is InChI=1S/C9H7F3N2O4/c1-2-18-9(15)5-4(7(11)12)3-13-8(6(5)10)14(16)17/h3,7H,2H2,1H3. The maximum Gasteiger partial charge on any atom is 0.400 e. The van der Waals surface area contributed by atoms with E-state index in [2.05, 4.69) is 9.72 Å². The van der Waals surface area contributed by atoms with Crippen molar-refractivity contribution in [2.24, 2.45) is 0 Å². The van der Waals surface area contributed by atoms with Gasteiger partial charge in [0.05, 0.1) is 12.2 Å². The Morgan fingerprint density at radius 2 is 2.22 bits per heavy atom. The Morgan fingerprint density at radius 3 is 2.67 bits per heavy atom. The number of carbonyl (C=O) groups excluding carboxylic acids is 1. The number of nitro groups is 1. The molecule has 1 aromatic heterocycles. The zero-order chi connectivity index (χ0) is 13.9. The van der Waals surface area contributed by atoms with E-state index in [0.717, 1.165) is 0 Å². The summed E-state index contributed by atoms with van der Waals surface area (Å²) in [6.45, 7) is 1.20. The zero-order valence-electron chi connectivity index (χ0n) is 9.02. The Labute approximate surface area is 98.5 Å². The molecule has 0 aliphatic rings. The minimum absolute atomic E-state index is 0.183. The van der Waals surface area contributed by atoms with E-state index in [0.29, 0.717) is 6.20 Å². The van der Waals surface area contributed by atoms with Crippen LogP contribution in [0.15, 0.2) is 6.20 Å². The SMILES string of the molecule is CCOC(=O)c1c(C(F)F)cnc([N+](=O)[O-])c1F. The van der Waals surface area contributed by atoms with Crippen LogP contribution < -0.4 is 0 Å². The van der Waals surface area contributed by atoms with Gasteiger partial charge in [-0.15, -0.1) is 0 Å². The van der Waals surface area contributed by atoms with Gasteiger partial charge in [0.15, 0.2) is 0 Å². The van der Waals surface area contributed by atoms with Crippen molar-refractivity contribution in [2.45, 2.75) is 13.3 Å². The van der Waals surface area contributed by atoms with Gasteiger partial charge < -0.3 is 14.9 Å². The number of carbonyl (C=O) groups is 1. The van der Waals surface area contributed by atoms with Crippen LogP contribution in [0.3, 0.4) is 0 Å². The summed E-state index contributed by atoms with van der Waals surface area (Å²) in [6.07, 6.45) is -2.81. The molecular weight excluding hydrogens is 257 g/mol. The Hall–Kier alpha value is -2.19. The number of esters is 1. The summed E-state index contributed by atoms with van der Waals surface area (Å²) in [6, 6.07) is 0. The van der Waals surface area contributed by atoms with Crippen molar-refractivity contribution >= 4 is 11.8 Å². The van der Waals surface area contributed by atoms with Crippen LogP contribution in [-0.4, -0.2) is 22.5 Å². The molecule has 0 aliphatic carbocycles. The van der Waals surface area contributed by atoms with Crippen LogP contribution in [0.25, 0.3) is 0 Å². The maximum absolute atomic E-state index is 13.6. The highest BCUT2D eigenvalue weighted by molar-refractivity contribution is 5.92. The molecular formula is C9H7F3N2O4. The second-order valence-corrected chi connectivity index (χ2v) is 3.00. The fourth-order valence-electron chi connectivity index (χ4n) is 1.19. The summed E-state index contributed by atoms with van der Waals surface area (Å²) < 4.78 is 43.1. The molecule has 0 bridgehead atoms. The number of ether oxygens (including phenoxy) is 1. The second kappa shape index (κ2) is 5.43. The summed E-state index contributed by atoms with van der Waals surface area (Å²) in [5, 5.41) is 10.4. The predicted molar refractivity (Wildman–Crippen MR) is 51.8 cm³/mol. The number of hydrogen-bond acceptors (Lipinski definition) is 5. The number of rotatable bonds is 4. The number of halogens is 3. The molecule has 0 fully saturated rings. The lowest BCUT2D eigenvalue weighted by molar-refractivity contribution is -0.392. The molecule has 0 atom stereocenters. The summed E-state index contributed by atoms with van der Waals surface area (Å²) >= 11 is 0. The topological polar surface area (TPSA) is 82.3 Å². The van der Waals surface area contributed by atoms with Gasteiger partial charge in [-0.3, -0.25) is 0 Å². The van der Waals surface area contributed by atoms with Gasteiger partial charge in [-0.2, -0.15) is 4.39 Å². The third kappa shape index (κ3) is 2.55. The van der Waals surface area contributed by atoms with Crippen LogP contribution in [0.5, 0.6) is 0 Å². The van der Waals surface area contributed by atoms with Crippen molar-refractivity contribution < 1.29 is 27.6 Å². The molecule has 0 aliphatic heterocycles. The molecule has 0 radical (unpaired) electrons. The quantitative estimate of drug-likeness (QED) is 0.473. The fraction of sp³-hybridized carbons (Fsp3) is 0.333. The summed E-state index contributed by atoms with van der Waals surface area (Å²) in [7, 11) is 0. The van der Waals surface area contributed by atoms with Crippen molar-refractivity contribution in [1.82, 2.24) is 4.98 Å². The lowest BCUT2D eigenvalue weighted by Gasteiger charge is -2.07. The highest BCUT2D eigenvalue weighted by Gasteiger charge is 2.32. The molecule has 6 nitrogen and oxygen atoms in total. The van der Waals surface area contributed by atoms with E-state index in [1.165, 1.54) is 6.92 Å². The Kier molecular flexibility index (Phi) is 4.18. The minimum Gasteiger partial charge on any atom is -0.462 e. The summed E-state index contributed by atoms with van der Waals surface area (Å²) in [5.41, 5.74) is -2.20. The Morgan fingerprint density at radius 1 is 1.61 bits per heavy atom. The van der Waals surface area contributed by atoms with E-state index in [1.807, 2.05) is 0 Å². The van der Waals surface area contributed by atoms with E-state index >= 15 is 0 Å². The van der Waals surface area contributed by atoms with E-state index < -0.39 is 40.1 Å². The fourth-order valence-corrected chi connectivity index (χ4v) is 1.19. The van der Waals surface area contributed by atoms with Crippen molar-refractivity contribution in [3.8, 4) is 0 Å². The number of nitrogens with zero attached hydrogens (tertiary/aromatic N) is 2. The first kappa shape index (κ1) is 13.9. The molecule has 0 spiro atoms. The molecule has 1 heterocycles. The van der Waals surface area contributed by atoms with Crippen LogP contribution in [0, 0.1) is 15.9 Å². The van der Waals surface area contributed by atoms with Gasteiger partial charge in [0.1, 0.15) is 11.8 Å². The lowest BCUT2D eigenvalue weighted by atomic mass is 10.1. The number of aromatic nitrogens is 1. The minimum atomic E-state index is -3.20. The van der Waals surface area contributed by atoms with Crippen LogP contribution in [0.2, 0.25) is 0 Å². The van der Waals surface area contributed by atoms with Gasteiger partial charge in [0.2, 0.25) is 5.82 Å². The molecule has 1 aromatic rings.